The highest BCUT2D eigenvalue weighted by molar-refractivity contribution is 5.48. The lowest BCUT2D eigenvalue weighted by molar-refractivity contribution is 0.327. The molecule has 0 saturated carbocycles. The van der Waals surface area contributed by atoms with Crippen molar-refractivity contribution in [2.75, 3.05) is 49.5 Å². The highest BCUT2D eigenvalue weighted by atomic mass is 15.2. The molecule has 5 heteroatoms. The van der Waals surface area contributed by atoms with E-state index >= 15 is 0 Å². The number of nitrogens with one attached hydrogen (secondary N) is 1. The molecular formula is C16H27N5. The second kappa shape index (κ2) is 7.07. The van der Waals surface area contributed by atoms with Crippen molar-refractivity contribution in [2.45, 2.75) is 32.6 Å². The van der Waals surface area contributed by atoms with E-state index in [4.69, 9.17) is 0 Å². The van der Waals surface area contributed by atoms with Crippen LogP contribution >= 0.6 is 0 Å². The molecule has 0 spiro atoms. The highest BCUT2D eigenvalue weighted by Crippen LogP contribution is 2.21. The molecule has 0 aliphatic carbocycles. The Bertz CT molecular complexity index is 444. The lowest BCUT2D eigenvalue weighted by atomic mass is 10.1. The van der Waals surface area contributed by atoms with Gasteiger partial charge in [0, 0.05) is 32.2 Å². The topological polar surface area (TPSA) is 44.3 Å². The van der Waals surface area contributed by atoms with Crippen LogP contribution in [0.2, 0.25) is 0 Å². The van der Waals surface area contributed by atoms with E-state index in [1.165, 1.54) is 45.3 Å². The summed E-state index contributed by atoms with van der Waals surface area (Å²) >= 11 is 0. The molecule has 1 atom stereocenters. The van der Waals surface area contributed by atoms with Crippen LogP contribution in [0.1, 0.15) is 32.6 Å². The SMILES string of the molecule is CCCN1CCC(CNc2cc(N3CCCC3)ncn2)C1. The number of aromatic nitrogens is 2. The van der Waals surface area contributed by atoms with E-state index in [1.54, 1.807) is 6.33 Å². The van der Waals surface area contributed by atoms with Gasteiger partial charge in [-0.3, -0.25) is 0 Å². The largest absolute Gasteiger partial charge is 0.370 e. The summed E-state index contributed by atoms with van der Waals surface area (Å²) in [4.78, 5) is 13.7. The van der Waals surface area contributed by atoms with Crippen LogP contribution in [0.5, 0.6) is 0 Å². The standard InChI is InChI=1S/C16H27N5/c1-2-6-20-9-5-14(12-20)11-17-15-10-16(19-13-18-15)21-7-3-4-8-21/h10,13-14H,2-9,11-12H2,1H3,(H,17,18,19). The van der Waals surface area contributed by atoms with Gasteiger partial charge in [-0.25, -0.2) is 9.97 Å². The Morgan fingerprint density at radius 3 is 2.90 bits per heavy atom. The number of hydrogen-bond donors (Lipinski definition) is 1. The number of anilines is 2. The van der Waals surface area contributed by atoms with Gasteiger partial charge in [0.05, 0.1) is 0 Å². The van der Waals surface area contributed by atoms with Gasteiger partial charge >= 0.3 is 0 Å². The summed E-state index contributed by atoms with van der Waals surface area (Å²) in [7, 11) is 0. The Balaban J connectivity index is 1.50. The van der Waals surface area contributed by atoms with Crippen molar-refractivity contribution in [3.8, 4) is 0 Å². The fraction of sp³-hybridized carbons (Fsp3) is 0.750. The summed E-state index contributed by atoms with van der Waals surface area (Å²) in [5, 5.41) is 3.51. The van der Waals surface area contributed by atoms with Crippen molar-refractivity contribution in [1.29, 1.82) is 0 Å². The van der Waals surface area contributed by atoms with E-state index in [0.717, 1.165) is 37.2 Å². The van der Waals surface area contributed by atoms with E-state index in [9.17, 15) is 0 Å². The Morgan fingerprint density at radius 1 is 1.24 bits per heavy atom. The molecule has 2 aliphatic heterocycles. The summed E-state index contributed by atoms with van der Waals surface area (Å²) < 4.78 is 0. The molecule has 1 N–H and O–H groups in total. The predicted molar refractivity (Wildman–Crippen MR) is 86.8 cm³/mol. The maximum Gasteiger partial charge on any atom is 0.134 e. The fourth-order valence-corrected chi connectivity index (χ4v) is 3.41. The molecule has 2 saturated heterocycles. The Morgan fingerprint density at radius 2 is 2.10 bits per heavy atom. The third-order valence-corrected chi connectivity index (χ3v) is 4.56. The van der Waals surface area contributed by atoms with Crippen molar-refractivity contribution in [3.05, 3.63) is 12.4 Å². The minimum atomic E-state index is 0.752. The van der Waals surface area contributed by atoms with Crippen molar-refractivity contribution < 1.29 is 0 Å². The quantitative estimate of drug-likeness (QED) is 0.870. The van der Waals surface area contributed by atoms with Gasteiger partial charge in [0.25, 0.3) is 0 Å². The van der Waals surface area contributed by atoms with Crippen LogP contribution in [0.3, 0.4) is 0 Å². The lowest BCUT2D eigenvalue weighted by Gasteiger charge is -2.18. The molecule has 2 fully saturated rings. The molecule has 21 heavy (non-hydrogen) atoms. The zero-order valence-corrected chi connectivity index (χ0v) is 13.1. The molecule has 2 aliphatic rings. The summed E-state index contributed by atoms with van der Waals surface area (Å²) in [6.07, 6.45) is 6.81. The first-order valence-electron chi connectivity index (χ1n) is 8.38. The maximum atomic E-state index is 4.40. The van der Waals surface area contributed by atoms with Gasteiger partial charge in [0.2, 0.25) is 0 Å². The van der Waals surface area contributed by atoms with Crippen LogP contribution in [0.15, 0.2) is 12.4 Å². The van der Waals surface area contributed by atoms with E-state index in [1.807, 2.05) is 0 Å². The molecule has 1 aromatic heterocycles. The van der Waals surface area contributed by atoms with Gasteiger partial charge in [-0.15, -0.1) is 0 Å². The van der Waals surface area contributed by atoms with E-state index in [2.05, 4.69) is 38.1 Å². The van der Waals surface area contributed by atoms with Crippen LogP contribution in [0, 0.1) is 5.92 Å². The molecule has 3 heterocycles. The highest BCUT2D eigenvalue weighted by Gasteiger charge is 2.21. The van der Waals surface area contributed by atoms with Crippen LogP contribution < -0.4 is 10.2 Å². The Kier molecular flexibility index (Phi) is 4.91. The van der Waals surface area contributed by atoms with Crippen LogP contribution in [-0.2, 0) is 0 Å². The minimum Gasteiger partial charge on any atom is -0.370 e. The molecule has 0 aromatic carbocycles. The molecule has 1 unspecified atom stereocenters. The average molecular weight is 289 g/mol. The maximum absolute atomic E-state index is 4.40. The first-order valence-corrected chi connectivity index (χ1v) is 8.38. The summed E-state index contributed by atoms with van der Waals surface area (Å²) in [6.45, 7) is 9.26. The number of rotatable bonds is 6. The third-order valence-electron chi connectivity index (χ3n) is 4.56. The van der Waals surface area contributed by atoms with Gasteiger partial charge in [0.1, 0.15) is 18.0 Å². The first kappa shape index (κ1) is 14.6. The van der Waals surface area contributed by atoms with Gasteiger partial charge in [-0.1, -0.05) is 6.92 Å². The van der Waals surface area contributed by atoms with Crippen molar-refractivity contribution in [1.82, 2.24) is 14.9 Å². The first-order chi connectivity index (χ1) is 10.3. The van der Waals surface area contributed by atoms with Crippen molar-refractivity contribution in [3.63, 3.8) is 0 Å². The molecule has 0 amide bonds. The summed E-state index contributed by atoms with van der Waals surface area (Å²) in [5.41, 5.74) is 0. The van der Waals surface area contributed by atoms with E-state index in [0.29, 0.717) is 0 Å². The molecule has 116 valence electrons. The molecule has 0 radical (unpaired) electrons. The normalized spacial score (nSPS) is 22.9. The van der Waals surface area contributed by atoms with Gasteiger partial charge in [0.15, 0.2) is 0 Å². The zero-order chi connectivity index (χ0) is 14.5. The van der Waals surface area contributed by atoms with Crippen LogP contribution in [-0.4, -0.2) is 54.1 Å². The fourth-order valence-electron chi connectivity index (χ4n) is 3.41. The number of likely N-dealkylation sites (tertiary alicyclic amines) is 1. The molecule has 5 nitrogen and oxygen atoms in total. The van der Waals surface area contributed by atoms with E-state index < -0.39 is 0 Å². The Hall–Kier alpha value is -1.36. The van der Waals surface area contributed by atoms with Crippen LogP contribution in [0.4, 0.5) is 11.6 Å². The Labute approximate surface area is 127 Å². The second-order valence-corrected chi connectivity index (χ2v) is 6.29. The van der Waals surface area contributed by atoms with Gasteiger partial charge < -0.3 is 15.1 Å². The zero-order valence-electron chi connectivity index (χ0n) is 13.1. The monoisotopic (exact) mass is 289 g/mol. The predicted octanol–water partition coefficient (Wildman–Crippen LogP) is 2.22. The lowest BCUT2D eigenvalue weighted by Crippen LogP contribution is -2.24. The van der Waals surface area contributed by atoms with Gasteiger partial charge in [-0.2, -0.15) is 0 Å². The molecule has 1 aromatic rings. The summed E-state index contributed by atoms with van der Waals surface area (Å²) in [5.74, 6) is 2.80. The van der Waals surface area contributed by atoms with Crippen LogP contribution in [0.25, 0.3) is 0 Å². The third kappa shape index (κ3) is 3.84. The van der Waals surface area contributed by atoms with Crippen molar-refractivity contribution >= 4 is 11.6 Å². The van der Waals surface area contributed by atoms with Crippen molar-refractivity contribution in [2.24, 2.45) is 5.92 Å². The minimum absolute atomic E-state index is 0.752. The van der Waals surface area contributed by atoms with E-state index in [-0.39, 0.29) is 0 Å². The smallest absolute Gasteiger partial charge is 0.134 e. The molecule has 0 bridgehead atoms. The molecular weight excluding hydrogens is 262 g/mol. The average Bonchev–Trinajstić information content (AvgIpc) is 3.18. The number of nitrogens with zero attached hydrogens (tertiary/aromatic N) is 4. The number of hydrogen-bond acceptors (Lipinski definition) is 5. The van der Waals surface area contributed by atoms with Gasteiger partial charge in [-0.05, 0) is 44.7 Å². The summed E-state index contributed by atoms with van der Waals surface area (Å²) in [6, 6.07) is 2.10. The second-order valence-electron chi connectivity index (χ2n) is 6.29. The molecule has 3 rings (SSSR count).